The summed E-state index contributed by atoms with van der Waals surface area (Å²) in [5.41, 5.74) is -0.300. The van der Waals surface area contributed by atoms with Crippen molar-refractivity contribution in [1.82, 2.24) is 20.8 Å². The highest BCUT2D eigenvalue weighted by Crippen LogP contribution is 2.29. The van der Waals surface area contributed by atoms with E-state index >= 15 is 0 Å². The van der Waals surface area contributed by atoms with Crippen molar-refractivity contribution in [2.45, 2.75) is 18.3 Å². The molecule has 2 heterocycles. The number of methoxy groups -OCH3 is 1. The van der Waals surface area contributed by atoms with Crippen molar-refractivity contribution in [3.05, 3.63) is 35.5 Å². The highest BCUT2D eigenvalue weighted by atomic mass is 19.4. The van der Waals surface area contributed by atoms with Gasteiger partial charge in [0.15, 0.2) is 0 Å². The number of aromatic nitrogens is 2. The van der Waals surface area contributed by atoms with Gasteiger partial charge in [0.2, 0.25) is 5.82 Å². The lowest BCUT2D eigenvalue weighted by Crippen LogP contribution is -2.43. The Labute approximate surface area is 144 Å². The smallest absolute Gasteiger partial charge is 0.378 e. The second-order valence-electron chi connectivity index (χ2n) is 5.63. The fraction of sp³-hybridized carbons (Fsp3) is 0.400. The fourth-order valence-corrected chi connectivity index (χ4v) is 2.59. The van der Waals surface area contributed by atoms with Crippen LogP contribution in [0.1, 0.15) is 16.2 Å². The van der Waals surface area contributed by atoms with Crippen molar-refractivity contribution < 1.29 is 31.6 Å². The molecule has 140 valence electrons. The number of nitrogens with zero attached hydrogens (tertiary/aromatic N) is 2. The van der Waals surface area contributed by atoms with E-state index in [0.717, 1.165) is 12.1 Å². The zero-order chi connectivity index (χ0) is 18.9. The summed E-state index contributed by atoms with van der Waals surface area (Å²) in [4.78, 5) is 15.4. The van der Waals surface area contributed by atoms with E-state index in [2.05, 4.69) is 25.3 Å². The third kappa shape index (κ3) is 3.68. The van der Waals surface area contributed by atoms with Crippen LogP contribution in [0.3, 0.4) is 0 Å². The molecular formula is C15H14F4N4O3. The van der Waals surface area contributed by atoms with E-state index < -0.39 is 29.6 Å². The van der Waals surface area contributed by atoms with E-state index in [4.69, 9.17) is 4.74 Å². The van der Waals surface area contributed by atoms with Gasteiger partial charge in [0, 0.05) is 25.8 Å². The number of ether oxygens (including phenoxy) is 1. The SMILES string of the molecule is COC1CNCC1NC(=O)c1ccc(-c2noc(C(F)(F)F)n2)cc1F. The number of rotatable bonds is 4. The van der Waals surface area contributed by atoms with Crippen LogP contribution >= 0.6 is 0 Å². The molecule has 0 aliphatic carbocycles. The van der Waals surface area contributed by atoms with Gasteiger partial charge in [-0.3, -0.25) is 4.79 Å². The molecule has 11 heteroatoms. The van der Waals surface area contributed by atoms with Gasteiger partial charge in [0.05, 0.1) is 17.7 Å². The molecule has 2 aromatic rings. The van der Waals surface area contributed by atoms with Gasteiger partial charge in [-0.2, -0.15) is 18.2 Å². The molecule has 1 aliphatic heterocycles. The Morgan fingerprint density at radius 1 is 1.38 bits per heavy atom. The van der Waals surface area contributed by atoms with E-state index in [1.807, 2.05) is 0 Å². The minimum atomic E-state index is -4.79. The van der Waals surface area contributed by atoms with E-state index in [-0.39, 0.29) is 23.3 Å². The highest BCUT2D eigenvalue weighted by Gasteiger charge is 2.38. The summed E-state index contributed by atoms with van der Waals surface area (Å²) in [7, 11) is 1.51. The molecule has 1 amide bonds. The average Bonchev–Trinajstić information content (AvgIpc) is 3.23. The van der Waals surface area contributed by atoms with Crippen LogP contribution in [-0.4, -0.2) is 48.4 Å². The number of hydrogen-bond acceptors (Lipinski definition) is 6. The Bertz CT molecular complexity index is 808. The van der Waals surface area contributed by atoms with Crippen molar-refractivity contribution in [2.75, 3.05) is 20.2 Å². The van der Waals surface area contributed by atoms with Crippen molar-refractivity contribution in [1.29, 1.82) is 0 Å². The second-order valence-corrected chi connectivity index (χ2v) is 5.63. The monoisotopic (exact) mass is 374 g/mol. The molecule has 0 bridgehead atoms. The zero-order valence-electron chi connectivity index (χ0n) is 13.4. The Morgan fingerprint density at radius 2 is 2.15 bits per heavy atom. The largest absolute Gasteiger partial charge is 0.471 e. The first-order chi connectivity index (χ1) is 12.3. The van der Waals surface area contributed by atoms with Gasteiger partial charge in [0.1, 0.15) is 5.82 Å². The van der Waals surface area contributed by atoms with Crippen LogP contribution in [0.5, 0.6) is 0 Å². The average molecular weight is 374 g/mol. The number of halogens is 4. The van der Waals surface area contributed by atoms with Gasteiger partial charge >= 0.3 is 12.1 Å². The summed E-state index contributed by atoms with van der Waals surface area (Å²) >= 11 is 0. The normalized spacial score (nSPS) is 20.3. The van der Waals surface area contributed by atoms with Crippen molar-refractivity contribution in [2.24, 2.45) is 0 Å². The number of hydrogen-bond donors (Lipinski definition) is 2. The molecule has 7 nitrogen and oxygen atoms in total. The predicted octanol–water partition coefficient (Wildman–Crippen LogP) is 1.61. The molecule has 26 heavy (non-hydrogen) atoms. The molecule has 3 rings (SSSR count). The van der Waals surface area contributed by atoms with E-state index in [1.165, 1.54) is 13.2 Å². The van der Waals surface area contributed by atoms with Crippen LogP contribution in [0, 0.1) is 5.82 Å². The summed E-state index contributed by atoms with van der Waals surface area (Å²) in [5, 5.41) is 8.87. The maximum Gasteiger partial charge on any atom is 0.471 e. The summed E-state index contributed by atoms with van der Waals surface area (Å²) in [6, 6.07) is 2.94. The number of carbonyl (C=O) groups is 1. The summed E-state index contributed by atoms with van der Waals surface area (Å²) in [6.45, 7) is 1.04. The van der Waals surface area contributed by atoms with Gasteiger partial charge < -0.3 is 19.9 Å². The van der Waals surface area contributed by atoms with Crippen LogP contribution in [0.2, 0.25) is 0 Å². The van der Waals surface area contributed by atoms with Gasteiger partial charge in [-0.25, -0.2) is 4.39 Å². The third-order valence-corrected chi connectivity index (χ3v) is 3.92. The Hall–Kier alpha value is -2.53. The molecular weight excluding hydrogens is 360 g/mol. The topological polar surface area (TPSA) is 89.3 Å². The zero-order valence-corrected chi connectivity index (χ0v) is 13.4. The van der Waals surface area contributed by atoms with Crippen molar-refractivity contribution in [3.63, 3.8) is 0 Å². The molecule has 2 N–H and O–H groups in total. The van der Waals surface area contributed by atoms with E-state index in [0.29, 0.717) is 13.1 Å². The first-order valence-electron chi connectivity index (χ1n) is 7.55. The van der Waals surface area contributed by atoms with Gasteiger partial charge in [-0.05, 0) is 12.1 Å². The van der Waals surface area contributed by atoms with Crippen molar-refractivity contribution >= 4 is 5.91 Å². The number of benzene rings is 1. The molecule has 1 aliphatic rings. The van der Waals surface area contributed by atoms with Gasteiger partial charge in [-0.1, -0.05) is 11.2 Å². The van der Waals surface area contributed by atoms with Gasteiger partial charge in [0.25, 0.3) is 5.91 Å². The molecule has 0 radical (unpaired) electrons. The lowest BCUT2D eigenvalue weighted by Gasteiger charge is -2.18. The number of nitrogens with one attached hydrogen (secondary N) is 2. The van der Waals surface area contributed by atoms with Gasteiger partial charge in [-0.15, -0.1) is 0 Å². The number of amides is 1. The van der Waals surface area contributed by atoms with Crippen LogP contribution in [0.25, 0.3) is 11.4 Å². The Kier molecular flexibility index (Phi) is 4.92. The number of alkyl halides is 3. The molecule has 1 aromatic carbocycles. The minimum absolute atomic E-state index is 0.0457. The first-order valence-corrected chi connectivity index (χ1v) is 7.55. The van der Waals surface area contributed by atoms with Crippen LogP contribution in [0.15, 0.2) is 22.7 Å². The summed E-state index contributed by atoms with van der Waals surface area (Å²) in [6.07, 6.45) is -5.03. The fourth-order valence-electron chi connectivity index (χ4n) is 2.59. The third-order valence-electron chi connectivity index (χ3n) is 3.92. The van der Waals surface area contributed by atoms with Crippen molar-refractivity contribution in [3.8, 4) is 11.4 Å². The molecule has 0 spiro atoms. The Morgan fingerprint density at radius 3 is 2.77 bits per heavy atom. The standard InChI is InChI=1S/C15H14F4N4O3/c1-25-11-6-20-5-10(11)21-13(24)8-3-2-7(4-9(8)16)12-22-14(26-23-12)15(17,18)19/h2-4,10-11,20H,5-6H2,1H3,(H,21,24). The van der Waals surface area contributed by atoms with E-state index in [1.54, 1.807) is 0 Å². The molecule has 1 saturated heterocycles. The molecule has 2 unspecified atom stereocenters. The second kappa shape index (κ2) is 7.00. The van der Waals surface area contributed by atoms with Crippen LogP contribution in [-0.2, 0) is 10.9 Å². The lowest BCUT2D eigenvalue weighted by atomic mass is 10.1. The molecule has 0 saturated carbocycles. The lowest BCUT2D eigenvalue weighted by molar-refractivity contribution is -0.159. The predicted molar refractivity (Wildman–Crippen MR) is 79.6 cm³/mol. The van der Waals surface area contributed by atoms with E-state index in [9.17, 15) is 22.4 Å². The van der Waals surface area contributed by atoms with Crippen LogP contribution in [0.4, 0.5) is 17.6 Å². The molecule has 2 atom stereocenters. The Balaban J connectivity index is 1.77. The first kappa shape index (κ1) is 18.3. The molecule has 1 aromatic heterocycles. The maximum atomic E-state index is 14.3. The maximum absolute atomic E-state index is 14.3. The van der Waals surface area contributed by atoms with Crippen LogP contribution < -0.4 is 10.6 Å². The highest BCUT2D eigenvalue weighted by molar-refractivity contribution is 5.95. The molecule has 1 fully saturated rings. The summed E-state index contributed by atoms with van der Waals surface area (Å²) < 4.78 is 61.0. The number of carbonyl (C=O) groups excluding carboxylic acids is 1. The summed E-state index contributed by atoms with van der Waals surface area (Å²) in [5.74, 6) is -3.54. The minimum Gasteiger partial charge on any atom is -0.378 e. The quantitative estimate of drug-likeness (QED) is 0.791.